The van der Waals surface area contributed by atoms with Crippen molar-refractivity contribution in [2.45, 2.75) is 200 Å². The van der Waals surface area contributed by atoms with Crippen LogP contribution in [0.15, 0.2) is 97.2 Å². The van der Waals surface area contributed by atoms with E-state index in [1.54, 1.807) is 0 Å². The molecule has 0 aliphatic carbocycles. The molecule has 0 rings (SSSR count). The summed E-state index contributed by atoms with van der Waals surface area (Å²) in [7, 11) is 0. The zero-order chi connectivity index (χ0) is 42.3. The number of esters is 3. The Morgan fingerprint density at radius 1 is 0.379 bits per heavy atom. The fourth-order valence-electron chi connectivity index (χ4n) is 5.93. The van der Waals surface area contributed by atoms with Gasteiger partial charge >= 0.3 is 17.9 Å². The third kappa shape index (κ3) is 43.5. The first-order chi connectivity index (χ1) is 28.5. The summed E-state index contributed by atoms with van der Waals surface area (Å²) in [6.07, 6.45) is 59.6. The molecule has 6 heteroatoms. The van der Waals surface area contributed by atoms with Crippen molar-refractivity contribution >= 4 is 17.9 Å². The van der Waals surface area contributed by atoms with Crippen molar-refractivity contribution in [2.24, 2.45) is 0 Å². The number of ether oxygens (including phenoxy) is 3. The minimum Gasteiger partial charge on any atom is -0.462 e. The molecule has 0 heterocycles. The molecule has 0 saturated heterocycles. The van der Waals surface area contributed by atoms with Crippen LogP contribution < -0.4 is 0 Å². The molecule has 0 fully saturated rings. The Hall–Kier alpha value is -3.67. The van der Waals surface area contributed by atoms with E-state index in [4.69, 9.17) is 14.2 Å². The fourth-order valence-corrected chi connectivity index (χ4v) is 5.93. The molecule has 0 aromatic rings. The number of rotatable bonds is 40. The van der Waals surface area contributed by atoms with Crippen LogP contribution >= 0.6 is 0 Å². The van der Waals surface area contributed by atoms with Crippen LogP contribution in [0, 0.1) is 0 Å². The van der Waals surface area contributed by atoms with Crippen molar-refractivity contribution < 1.29 is 28.6 Å². The Kier molecular flexibility index (Phi) is 43.1. The lowest BCUT2D eigenvalue weighted by Crippen LogP contribution is -2.30. The van der Waals surface area contributed by atoms with Crippen LogP contribution in [0.3, 0.4) is 0 Å². The van der Waals surface area contributed by atoms with Gasteiger partial charge in [0.05, 0.1) is 0 Å². The number of hydrogen-bond donors (Lipinski definition) is 0. The highest BCUT2D eigenvalue weighted by Gasteiger charge is 2.19. The Bertz CT molecular complexity index is 1200. The largest absolute Gasteiger partial charge is 0.462 e. The molecule has 6 nitrogen and oxygen atoms in total. The standard InChI is InChI=1S/C52H84O6/c1-4-7-10-13-16-19-22-25-26-28-30-33-36-39-42-45-51(54)57-48-49(47-56-50(53)44-41-38-35-32-29-24-21-18-15-12-9-6-3)58-52(55)46-43-40-37-34-31-27-23-20-17-14-11-8-5-2/h8-9,11-12,14,17-23,27,29,31-32,49H,4-7,10,13,15-16,24-26,28,30,33-48H2,1-3H3/b11-8-,12-9-,17-14-,21-18-,22-19-,23-20-,31-27-,32-29-. The quantitative estimate of drug-likeness (QED) is 0.0202. The molecule has 328 valence electrons. The topological polar surface area (TPSA) is 78.9 Å². The third-order valence-electron chi connectivity index (χ3n) is 9.40. The van der Waals surface area contributed by atoms with E-state index in [-0.39, 0.29) is 37.5 Å². The lowest BCUT2D eigenvalue weighted by molar-refractivity contribution is -0.167. The average Bonchev–Trinajstić information content (AvgIpc) is 3.22. The lowest BCUT2D eigenvalue weighted by atomic mass is 10.1. The first-order valence-corrected chi connectivity index (χ1v) is 23.3. The molecule has 0 amide bonds. The minimum atomic E-state index is -0.814. The van der Waals surface area contributed by atoms with Crippen molar-refractivity contribution in [2.75, 3.05) is 13.2 Å². The van der Waals surface area contributed by atoms with E-state index < -0.39 is 6.10 Å². The first-order valence-electron chi connectivity index (χ1n) is 23.3. The molecule has 0 aliphatic rings. The first kappa shape index (κ1) is 54.3. The minimum absolute atomic E-state index is 0.110. The molecule has 1 unspecified atom stereocenters. The molecule has 1 atom stereocenters. The number of carbonyl (C=O) groups excluding carboxylic acids is 3. The smallest absolute Gasteiger partial charge is 0.306 e. The summed E-state index contributed by atoms with van der Waals surface area (Å²) in [4.78, 5) is 37.8. The highest BCUT2D eigenvalue weighted by molar-refractivity contribution is 5.71. The van der Waals surface area contributed by atoms with Gasteiger partial charge in [0.15, 0.2) is 6.10 Å². The zero-order valence-electron chi connectivity index (χ0n) is 37.3. The Morgan fingerprint density at radius 3 is 1.33 bits per heavy atom. The van der Waals surface area contributed by atoms with Gasteiger partial charge in [0.1, 0.15) is 13.2 Å². The summed E-state index contributed by atoms with van der Waals surface area (Å²) in [5.41, 5.74) is 0. The van der Waals surface area contributed by atoms with Crippen LogP contribution in [0.4, 0.5) is 0 Å². The molecule has 0 radical (unpaired) electrons. The molecule has 0 N–H and O–H groups in total. The predicted octanol–water partition coefficient (Wildman–Crippen LogP) is 15.0. The predicted molar refractivity (Wildman–Crippen MR) is 247 cm³/mol. The highest BCUT2D eigenvalue weighted by Crippen LogP contribution is 2.13. The van der Waals surface area contributed by atoms with Gasteiger partial charge in [0, 0.05) is 19.3 Å². The van der Waals surface area contributed by atoms with Gasteiger partial charge in [-0.2, -0.15) is 0 Å². The van der Waals surface area contributed by atoms with Crippen LogP contribution in [-0.4, -0.2) is 37.2 Å². The summed E-state index contributed by atoms with van der Waals surface area (Å²) in [6.45, 7) is 6.27. The molecule has 0 aliphatic heterocycles. The van der Waals surface area contributed by atoms with Crippen molar-refractivity contribution in [3.63, 3.8) is 0 Å². The van der Waals surface area contributed by atoms with Crippen LogP contribution in [0.25, 0.3) is 0 Å². The monoisotopic (exact) mass is 805 g/mol. The maximum absolute atomic E-state index is 12.7. The summed E-state index contributed by atoms with van der Waals surface area (Å²) in [5.74, 6) is -1.00. The van der Waals surface area contributed by atoms with Crippen molar-refractivity contribution in [1.82, 2.24) is 0 Å². The SMILES string of the molecule is CC\C=C/C=C\C=C/C=C\CCCCCC(=O)OC(COC(=O)CCCC/C=C\C/C=C\C/C=C\CC)COC(=O)CCCCCCCCC/C=C\CCCCCC. The van der Waals surface area contributed by atoms with Gasteiger partial charge in [-0.05, 0) is 96.3 Å². The van der Waals surface area contributed by atoms with E-state index >= 15 is 0 Å². The maximum Gasteiger partial charge on any atom is 0.306 e. The molecule has 0 bridgehead atoms. The number of hydrogen-bond acceptors (Lipinski definition) is 6. The second-order valence-electron chi connectivity index (χ2n) is 15.0. The number of unbranched alkanes of at least 4 members (excludes halogenated alkanes) is 16. The second kappa shape index (κ2) is 46.0. The van der Waals surface area contributed by atoms with Crippen molar-refractivity contribution in [3.8, 4) is 0 Å². The van der Waals surface area contributed by atoms with Gasteiger partial charge in [-0.1, -0.05) is 176 Å². The van der Waals surface area contributed by atoms with E-state index in [9.17, 15) is 14.4 Å². The summed E-state index contributed by atoms with van der Waals surface area (Å²) in [5, 5.41) is 0. The molecule has 0 aromatic carbocycles. The van der Waals surface area contributed by atoms with E-state index in [1.807, 2.05) is 36.5 Å². The fraction of sp³-hybridized carbons (Fsp3) is 0.635. The molecule has 58 heavy (non-hydrogen) atoms. The Balaban J connectivity index is 4.51. The summed E-state index contributed by atoms with van der Waals surface area (Å²) in [6, 6.07) is 0. The number of carbonyl (C=O) groups is 3. The molecule has 0 aromatic heterocycles. The van der Waals surface area contributed by atoms with E-state index in [0.29, 0.717) is 19.3 Å². The maximum atomic E-state index is 12.7. The van der Waals surface area contributed by atoms with E-state index in [2.05, 4.69) is 81.5 Å². The normalized spacial score (nSPS) is 12.9. The van der Waals surface area contributed by atoms with Gasteiger partial charge in [0.2, 0.25) is 0 Å². The summed E-state index contributed by atoms with van der Waals surface area (Å²) < 4.78 is 16.6. The van der Waals surface area contributed by atoms with Crippen molar-refractivity contribution in [1.29, 1.82) is 0 Å². The lowest BCUT2D eigenvalue weighted by Gasteiger charge is -2.18. The van der Waals surface area contributed by atoms with Gasteiger partial charge < -0.3 is 14.2 Å². The van der Waals surface area contributed by atoms with E-state index in [0.717, 1.165) is 83.5 Å². The Morgan fingerprint density at radius 2 is 0.759 bits per heavy atom. The van der Waals surface area contributed by atoms with Crippen LogP contribution in [-0.2, 0) is 28.6 Å². The molecule has 0 spiro atoms. The molecule has 0 saturated carbocycles. The second-order valence-corrected chi connectivity index (χ2v) is 15.0. The Labute approximate surface area is 356 Å². The van der Waals surface area contributed by atoms with Gasteiger partial charge in [0.25, 0.3) is 0 Å². The van der Waals surface area contributed by atoms with E-state index in [1.165, 1.54) is 64.2 Å². The van der Waals surface area contributed by atoms with Crippen LogP contribution in [0.1, 0.15) is 194 Å². The average molecular weight is 805 g/mol. The zero-order valence-corrected chi connectivity index (χ0v) is 37.3. The van der Waals surface area contributed by atoms with Gasteiger partial charge in [-0.25, -0.2) is 0 Å². The van der Waals surface area contributed by atoms with Crippen LogP contribution in [0.5, 0.6) is 0 Å². The summed E-state index contributed by atoms with van der Waals surface area (Å²) >= 11 is 0. The third-order valence-corrected chi connectivity index (χ3v) is 9.40. The van der Waals surface area contributed by atoms with Crippen molar-refractivity contribution in [3.05, 3.63) is 97.2 Å². The van der Waals surface area contributed by atoms with Crippen LogP contribution in [0.2, 0.25) is 0 Å². The van der Waals surface area contributed by atoms with Gasteiger partial charge in [-0.15, -0.1) is 0 Å². The highest BCUT2D eigenvalue weighted by atomic mass is 16.6. The van der Waals surface area contributed by atoms with Gasteiger partial charge in [-0.3, -0.25) is 14.4 Å². The number of allylic oxidation sites excluding steroid dienone is 16. The molecular weight excluding hydrogens is 721 g/mol. The molecular formula is C52H84O6.